The summed E-state index contributed by atoms with van der Waals surface area (Å²) in [5, 5.41) is 13.6. The largest absolute Gasteiger partial charge is 0.478 e. The van der Waals surface area contributed by atoms with E-state index in [0.29, 0.717) is 12.4 Å². The number of rotatable bonds is 6. The van der Waals surface area contributed by atoms with Gasteiger partial charge in [0, 0.05) is 17.0 Å². The Morgan fingerprint density at radius 1 is 1.10 bits per heavy atom. The number of benzene rings is 2. The van der Waals surface area contributed by atoms with Gasteiger partial charge in [-0.3, -0.25) is 0 Å². The molecule has 3 heterocycles. The molecule has 0 saturated carbocycles. The minimum atomic E-state index is -0.958. The fourth-order valence-electron chi connectivity index (χ4n) is 3.41. The second kappa shape index (κ2) is 7.88. The van der Waals surface area contributed by atoms with Crippen LogP contribution >= 0.6 is 11.3 Å². The van der Waals surface area contributed by atoms with Crippen LogP contribution < -0.4 is 14.8 Å². The van der Waals surface area contributed by atoms with Crippen molar-refractivity contribution < 1.29 is 19.4 Å². The van der Waals surface area contributed by atoms with Crippen LogP contribution in [0.4, 0.5) is 5.82 Å². The number of nitrogens with one attached hydrogen (secondary N) is 1. The van der Waals surface area contributed by atoms with Gasteiger partial charge in [-0.2, -0.15) is 0 Å². The van der Waals surface area contributed by atoms with Crippen molar-refractivity contribution in [1.82, 2.24) is 9.97 Å². The van der Waals surface area contributed by atoms with Crippen molar-refractivity contribution in [2.75, 3.05) is 12.1 Å². The number of aromatic carboxylic acids is 1. The van der Waals surface area contributed by atoms with E-state index in [9.17, 15) is 4.79 Å². The quantitative estimate of drug-likeness (QED) is 0.444. The third kappa shape index (κ3) is 3.77. The molecule has 2 aromatic heterocycles. The standard InChI is InChI=1S/C23H19N3O4S/c1-2-16-10-17-21(24-11-13-3-8-18-19(9-13)30-12-29-18)25-20(26-22(17)31-16)14-4-6-15(7-5-14)23(27)28/h3-10H,2,11-12H2,1H3,(H,27,28)(H,24,25,26). The van der Waals surface area contributed by atoms with E-state index < -0.39 is 5.97 Å². The predicted octanol–water partition coefficient (Wildman–Crippen LogP) is 4.96. The third-order valence-electron chi connectivity index (χ3n) is 5.08. The highest BCUT2D eigenvalue weighted by atomic mass is 32.1. The van der Waals surface area contributed by atoms with Crippen molar-refractivity contribution in [1.29, 1.82) is 0 Å². The first-order valence-electron chi connectivity index (χ1n) is 9.87. The molecule has 156 valence electrons. The number of carboxylic acid groups (broad SMARTS) is 1. The summed E-state index contributed by atoms with van der Waals surface area (Å²) in [6, 6.07) is 14.6. The number of anilines is 1. The van der Waals surface area contributed by atoms with E-state index in [1.165, 1.54) is 4.88 Å². The molecule has 0 unspecified atom stereocenters. The summed E-state index contributed by atoms with van der Waals surface area (Å²) in [6.07, 6.45) is 0.922. The Bertz CT molecular complexity index is 1280. The molecule has 2 N–H and O–H groups in total. The van der Waals surface area contributed by atoms with Crippen molar-refractivity contribution in [2.45, 2.75) is 19.9 Å². The second-order valence-corrected chi connectivity index (χ2v) is 8.22. The summed E-state index contributed by atoms with van der Waals surface area (Å²) in [4.78, 5) is 22.8. The van der Waals surface area contributed by atoms with Crippen molar-refractivity contribution in [3.63, 3.8) is 0 Å². The van der Waals surface area contributed by atoms with Crippen LogP contribution in [0.2, 0.25) is 0 Å². The molecule has 7 nitrogen and oxygen atoms in total. The molecule has 0 saturated heterocycles. The smallest absolute Gasteiger partial charge is 0.335 e. The Hall–Kier alpha value is -3.65. The first-order valence-corrected chi connectivity index (χ1v) is 10.7. The number of nitrogens with zero attached hydrogens (tertiary/aromatic N) is 2. The van der Waals surface area contributed by atoms with E-state index in [1.54, 1.807) is 35.6 Å². The summed E-state index contributed by atoms with van der Waals surface area (Å²) in [7, 11) is 0. The van der Waals surface area contributed by atoms with Gasteiger partial charge in [-0.1, -0.05) is 25.1 Å². The molecule has 4 aromatic rings. The molecule has 0 spiro atoms. The van der Waals surface area contributed by atoms with Gasteiger partial charge in [-0.25, -0.2) is 14.8 Å². The predicted molar refractivity (Wildman–Crippen MR) is 119 cm³/mol. The Labute approximate surface area is 182 Å². The third-order valence-corrected chi connectivity index (χ3v) is 6.25. The first-order chi connectivity index (χ1) is 15.1. The maximum absolute atomic E-state index is 11.1. The lowest BCUT2D eigenvalue weighted by atomic mass is 10.1. The Morgan fingerprint density at radius 3 is 2.68 bits per heavy atom. The zero-order valence-corrected chi connectivity index (χ0v) is 17.5. The molecule has 2 aromatic carbocycles. The van der Waals surface area contributed by atoms with Gasteiger partial charge in [0.1, 0.15) is 10.6 Å². The van der Waals surface area contributed by atoms with Crippen LogP contribution in [0.5, 0.6) is 11.5 Å². The maximum Gasteiger partial charge on any atom is 0.335 e. The number of fused-ring (bicyclic) bond motifs is 2. The molecular weight excluding hydrogens is 414 g/mol. The highest BCUT2D eigenvalue weighted by Crippen LogP contribution is 2.34. The average Bonchev–Trinajstić information content (AvgIpc) is 3.43. The molecule has 8 heteroatoms. The second-order valence-electron chi connectivity index (χ2n) is 7.10. The normalized spacial score (nSPS) is 12.3. The van der Waals surface area contributed by atoms with E-state index in [4.69, 9.17) is 24.5 Å². The van der Waals surface area contributed by atoms with Gasteiger partial charge in [-0.05, 0) is 42.3 Å². The highest BCUT2D eigenvalue weighted by molar-refractivity contribution is 7.18. The zero-order chi connectivity index (χ0) is 21.4. The van der Waals surface area contributed by atoms with E-state index in [0.717, 1.165) is 45.1 Å². The van der Waals surface area contributed by atoms with Crippen LogP contribution in [-0.2, 0) is 13.0 Å². The topological polar surface area (TPSA) is 93.6 Å². The molecule has 0 bridgehead atoms. The van der Waals surface area contributed by atoms with Crippen molar-refractivity contribution in [3.05, 3.63) is 64.5 Å². The molecule has 0 fully saturated rings. The molecule has 1 aliphatic heterocycles. The lowest BCUT2D eigenvalue weighted by Crippen LogP contribution is -2.04. The lowest BCUT2D eigenvalue weighted by molar-refractivity contribution is 0.0697. The van der Waals surface area contributed by atoms with Gasteiger partial charge in [0.05, 0.1) is 10.9 Å². The summed E-state index contributed by atoms with van der Waals surface area (Å²) in [5.41, 5.74) is 2.05. The average molecular weight is 433 g/mol. The number of thiophene rings is 1. The van der Waals surface area contributed by atoms with Gasteiger partial charge in [0.2, 0.25) is 6.79 Å². The fraction of sp³-hybridized carbons (Fsp3) is 0.174. The minimum Gasteiger partial charge on any atom is -0.478 e. The van der Waals surface area contributed by atoms with Crippen LogP contribution in [-0.4, -0.2) is 27.8 Å². The fourth-order valence-corrected chi connectivity index (χ4v) is 4.38. The number of hydrogen-bond acceptors (Lipinski definition) is 7. The molecule has 1 aliphatic rings. The highest BCUT2D eigenvalue weighted by Gasteiger charge is 2.15. The van der Waals surface area contributed by atoms with Crippen molar-refractivity contribution >= 4 is 33.3 Å². The van der Waals surface area contributed by atoms with Crippen LogP contribution in [0, 0.1) is 0 Å². The number of carboxylic acids is 1. The maximum atomic E-state index is 11.1. The molecule has 0 atom stereocenters. The van der Waals surface area contributed by atoms with Gasteiger partial charge >= 0.3 is 5.97 Å². The summed E-state index contributed by atoms with van der Waals surface area (Å²) >= 11 is 1.64. The monoisotopic (exact) mass is 433 g/mol. The first kappa shape index (κ1) is 19.3. The molecule has 5 rings (SSSR count). The number of aryl methyl sites for hydroxylation is 1. The van der Waals surface area contributed by atoms with Crippen molar-refractivity contribution in [3.8, 4) is 22.9 Å². The molecule has 0 radical (unpaired) electrons. The van der Waals surface area contributed by atoms with E-state index in [2.05, 4.69) is 18.3 Å². The van der Waals surface area contributed by atoms with E-state index in [1.807, 2.05) is 18.2 Å². The van der Waals surface area contributed by atoms with Gasteiger partial charge in [-0.15, -0.1) is 11.3 Å². The van der Waals surface area contributed by atoms with Crippen LogP contribution in [0.3, 0.4) is 0 Å². The Balaban J connectivity index is 1.49. The molecule has 31 heavy (non-hydrogen) atoms. The van der Waals surface area contributed by atoms with Crippen LogP contribution in [0.15, 0.2) is 48.5 Å². The zero-order valence-electron chi connectivity index (χ0n) is 16.7. The van der Waals surface area contributed by atoms with Crippen molar-refractivity contribution in [2.24, 2.45) is 0 Å². The Kier molecular flexibility index (Phi) is 4.91. The van der Waals surface area contributed by atoms with E-state index >= 15 is 0 Å². The van der Waals surface area contributed by atoms with Gasteiger partial charge in [0.25, 0.3) is 0 Å². The van der Waals surface area contributed by atoms with E-state index in [-0.39, 0.29) is 12.4 Å². The molecule has 0 aliphatic carbocycles. The van der Waals surface area contributed by atoms with Crippen LogP contribution in [0.25, 0.3) is 21.6 Å². The summed E-state index contributed by atoms with van der Waals surface area (Å²) < 4.78 is 10.8. The number of carbonyl (C=O) groups is 1. The molecule has 0 amide bonds. The lowest BCUT2D eigenvalue weighted by Gasteiger charge is -2.10. The minimum absolute atomic E-state index is 0.232. The number of aromatic nitrogens is 2. The summed E-state index contributed by atoms with van der Waals surface area (Å²) in [5.74, 6) is 1.85. The molecular formula is C23H19N3O4S. The summed E-state index contributed by atoms with van der Waals surface area (Å²) in [6.45, 7) is 2.93. The number of ether oxygens (including phenoxy) is 2. The Morgan fingerprint density at radius 2 is 1.90 bits per heavy atom. The SMILES string of the molecule is CCc1cc2c(NCc3ccc4c(c3)OCO4)nc(-c3ccc(C(=O)O)cc3)nc2s1. The van der Waals surface area contributed by atoms with Gasteiger partial charge in [0.15, 0.2) is 17.3 Å². The van der Waals surface area contributed by atoms with Crippen LogP contribution in [0.1, 0.15) is 27.7 Å². The number of hydrogen-bond donors (Lipinski definition) is 2. The van der Waals surface area contributed by atoms with Gasteiger partial charge < -0.3 is 19.9 Å².